The Hall–Kier alpha value is -1.21. The highest BCUT2D eigenvalue weighted by Crippen LogP contribution is 2.33. The zero-order chi connectivity index (χ0) is 14.9. The number of rotatable bonds is 2. The SMILES string of the molecule is CCSC1=NS(=O)(=O)c2cc(N3CCCCC3)ccc2N1. The van der Waals surface area contributed by atoms with Gasteiger partial charge >= 0.3 is 0 Å². The first-order valence-electron chi connectivity index (χ1n) is 7.24. The van der Waals surface area contributed by atoms with Crippen LogP contribution in [0.5, 0.6) is 0 Å². The molecule has 0 atom stereocenters. The van der Waals surface area contributed by atoms with Gasteiger partial charge in [-0.1, -0.05) is 18.7 Å². The molecule has 5 nitrogen and oxygen atoms in total. The molecule has 1 aromatic carbocycles. The van der Waals surface area contributed by atoms with E-state index in [0.29, 0.717) is 10.9 Å². The average Bonchev–Trinajstić information content (AvgIpc) is 2.47. The van der Waals surface area contributed by atoms with Crippen LogP contribution in [0.25, 0.3) is 0 Å². The summed E-state index contributed by atoms with van der Waals surface area (Å²) in [6, 6.07) is 5.59. The monoisotopic (exact) mass is 325 g/mol. The summed E-state index contributed by atoms with van der Waals surface area (Å²) in [6.45, 7) is 3.95. The average molecular weight is 325 g/mol. The quantitative estimate of drug-likeness (QED) is 0.906. The number of nitrogens with one attached hydrogen (secondary N) is 1. The Morgan fingerprint density at radius 1 is 1.29 bits per heavy atom. The minimum Gasteiger partial charge on any atom is -0.371 e. The van der Waals surface area contributed by atoms with Gasteiger partial charge in [-0.2, -0.15) is 8.42 Å². The molecule has 1 saturated heterocycles. The van der Waals surface area contributed by atoms with E-state index in [2.05, 4.69) is 14.6 Å². The zero-order valence-corrected chi connectivity index (χ0v) is 13.6. The van der Waals surface area contributed by atoms with Gasteiger partial charge in [0.2, 0.25) is 0 Å². The van der Waals surface area contributed by atoms with Crippen molar-refractivity contribution in [3.63, 3.8) is 0 Å². The van der Waals surface area contributed by atoms with Gasteiger partial charge < -0.3 is 10.2 Å². The Morgan fingerprint density at radius 2 is 2.05 bits per heavy atom. The summed E-state index contributed by atoms with van der Waals surface area (Å²) in [5.41, 5.74) is 1.60. The summed E-state index contributed by atoms with van der Waals surface area (Å²) in [4.78, 5) is 2.53. The number of nitrogens with zero attached hydrogens (tertiary/aromatic N) is 2. The molecule has 1 fully saturated rings. The van der Waals surface area contributed by atoms with Gasteiger partial charge in [-0.25, -0.2) is 0 Å². The molecule has 0 bridgehead atoms. The predicted octanol–water partition coefficient (Wildman–Crippen LogP) is 2.90. The van der Waals surface area contributed by atoms with Crippen LogP contribution in [0.4, 0.5) is 11.4 Å². The Labute approximate surface area is 129 Å². The topological polar surface area (TPSA) is 61.8 Å². The minimum atomic E-state index is -3.60. The summed E-state index contributed by atoms with van der Waals surface area (Å²) in [5.74, 6) is 0.780. The number of amidine groups is 1. The molecule has 1 aromatic rings. The minimum absolute atomic E-state index is 0.283. The Bertz CT molecular complexity index is 665. The first kappa shape index (κ1) is 14.7. The number of anilines is 2. The number of piperidine rings is 1. The molecule has 0 saturated carbocycles. The third kappa shape index (κ3) is 3.03. The van der Waals surface area contributed by atoms with E-state index in [0.717, 1.165) is 37.4 Å². The molecule has 3 rings (SSSR count). The molecule has 2 aliphatic rings. The lowest BCUT2D eigenvalue weighted by Gasteiger charge is -2.29. The van der Waals surface area contributed by atoms with Crippen molar-refractivity contribution in [2.24, 2.45) is 4.40 Å². The molecule has 2 heterocycles. The highest BCUT2D eigenvalue weighted by Gasteiger charge is 2.26. The van der Waals surface area contributed by atoms with Crippen LogP contribution in [0.3, 0.4) is 0 Å². The van der Waals surface area contributed by atoms with Gasteiger partial charge in [-0.15, -0.1) is 4.40 Å². The van der Waals surface area contributed by atoms with Crippen LogP contribution in [0.1, 0.15) is 26.2 Å². The standard InChI is InChI=1S/C14H19N3O2S2/c1-2-20-14-15-12-7-6-11(17-8-4-3-5-9-17)10-13(12)21(18,19)16-14/h6-7,10H,2-5,8-9H2,1H3,(H,15,16). The number of hydrogen-bond acceptors (Lipinski definition) is 5. The second-order valence-electron chi connectivity index (χ2n) is 5.16. The van der Waals surface area contributed by atoms with Gasteiger partial charge in [0, 0.05) is 18.8 Å². The highest BCUT2D eigenvalue weighted by atomic mass is 32.2. The van der Waals surface area contributed by atoms with Crippen LogP contribution < -0.4 is 10.2 Å². The van der Waals surface area contributed by atoms with Gasteiger partial charge in [-0.3, -0.25) is 0 Å². The number of fused-ring (bicyclic) bond motifs is 1. The van der Waals surface area contributed by atoms with Crippen LogP contribution in [0.2, 0.25) is 0 Å². The van der Waals surface area contributed by atoms with Crippen molar-refractivity contribution in [1.29, 1.82) is 0 Å². The maximum atomic E-state index is 12.3. The molecule has 21 heavy (non-hydrogen) atoms. The smallest absolute Gasteiger partial charge is 0.286 e. The van der Waals surface area contributed by atoms with E-state index in [1.807, 2.05) is 19.1 Å². The van der Waals surface area contributed by atoms with Gasteiger partial charge in [0.1, 0.15) is 4.90 Å². The summed E-state index contributed by atoms with van der Waals surface area (Å²) < 4.78 is 28.5. The second kappa shape index (κ2) is 5.88. The Kier molecular flexibility index (Phi) is 4.12. The van der Waals surface area contributed by atoms with Gasteiger partial charge in [-0.05, 0) is 43.2 Å². The molecule has 0 aliphatic carbocycles. The van der Waals surface area contributed by atoms with Crippen molar-refractivity contribution in [1.82, 2.24) is 0 Å². The molecular formula is C14H19N3O2S2. The molecule has 0 aromatic heterocycles. The molecule has 0 spiro atoms. The van der Waals surface area contributed by atoms with Crippen molar-refractivity contribution >= 4 is 38.3 Å². The Morgan fingerprint density at radius 3 is 2.76 bits per heavy atom. The largest absolute Gasteiger partial charge is 0.371 e. The van der Waals surface area contributed by atoms with Crippen LogP contribution in [0.15, 0.2) is 27.5 Å². The van der Waals surface area contributed by atoms with E-state index in [1.54, 1.807) is 6.07 Å². The fourth-order valence-electron chi connectivity index (χ4n) is 2.67. The second-order valence-corrected chi connectivity index (χ2v) is 7.98. The maximum absolute atomic E-state index is 12.3. The van der Waals surface area contributed by atoms with Gasteiger partial charge in [0.15, 0.2) is 5.17 Å². The van der Waals surface area contributed by atoms with E-state index in [4.69, 9.17) is 0 Å². The number of benzene rings is 1. The molecule has 114 valence electrons. The third-order valence-electron chi connectivity index (χ3n) is 3.69. The van der Waals surface area contributed by atoms with Crippen molar-refractivity contribution in [3.05, 3.63) is 18.2 Å². The maximum Gasteiger partial charge on any atom is 0.286 e. The fraction of sp³-hybridized carbons (Fsp3) is 0.500. The lowest BCUT2D eigenvalue weighted by molar-refractivity contribution is 0.577. The molecular weight excluding hydrogens is 306 g/mol. The van der Waals surface area contributed by atoms with Crippen molar-refractivity contribution in [2.75, 3.05) is 29.1 Å². The van der Waals surface area contributed by atoms with Crippen LogP contribution in [-0.2, 0) is 10.0 Å². The zero-order valence-electron chi connectivity index (χ0n) is 12.0. The van der Waals surface area contributed by atoms with Gasteiger partial charge in [0.25, 0.3) is 10.0 Å². The van der Waals surface area contributed by atoms with E-state index < -0.39 is 10.0 Å². The lowest BCUT2D eigenvalue weighted by Crippen LogP contribution is -2.29. The summed E-state index contributed by atoms with van der Waals surface area (Å²) in [5, 5.41) is 3.55. The summed E-state index contributed by atoms with van der Waals surface area (Å²) in [7, 11) is -3.60. The Balaban J connectivity index is 1.95. The van der Waals surface area contributed by atoms with Crippen molar-refractivity contribution in [2.45, 2.75) is 31.1 Å². The van der Waals surface area contributed by atoms with E-state index in [9.17, 15) is 8.42 Å². The normalized spacial score (nSPS) is 20.4. The molecule has 0 radical (unpaired) electrons. The molecule has 7 heteroatoms. The first-order valence-corrected chi connectivity index (χ1v) is 9.66. The van der Waals surface area contributed by atoms with E-state index >= 15 is 0 Å². The van der Waals surface area contributed by atoms with Crippen LogP contribution >= 0.6 is 11.8 Å². The first-order chi connectivity index (χ1) is 10.1. The molecule has 0 unspecified atom stereocenters. The molecule has 1 N–H and O–H groups in total. The summed E-state index contributed by atoms with van der Waals surface area (Å²) >= 11 is 1.40. The van der Waals surface area contributed by atoms with Crippen molar-refractivity contribution in [3.8, 4) is 0 Å². The number of sulfonamides is 1. The van der Waals surface area contributed by atoms with E-state index in [1.165, 1.54) is 18.2 Å². The summed E-state index contributed by atoms with van der Waals surface area (Å²) in [6.07, 6.45) is 3.58. The highest BCUT2D eigenvalue weighted by molar-refractivity contribution is 8.14. The van der Waals surface area contributed by atoms with Gasteiger partial charge in [0.05, 0.1) is 5.69 Å². The van der Waals surface area contributed by atoms with E-state index in [-0.39, 0.29) is 4.90 Å². The van der Waals surface area contributed by atoms with Crippen LogP contribution in [-0.4, -0.2) is 32.4 Å². The lowest BCUT2D eigenvalue weighted by atomic mass is 10.1. The van der Waals surface area contributed by atoms with Crippen LogP contribution in [0, 0.1) is 0 Å². The predicted molar refractivity (Wildman–Crippen MR) is 88.9 cm³/mol. The molecule has 0 amide bonds. The van der Waals surface area contributed by atoms with Crippen molar-refractivity contribution < 1.29 is 8.42 Å². The number of hydrogen-bond donors (Lipinski definition) is 1. The number of thioether (sulfide) groups is 1. The fourth-order valence-corrected chi connectivity index (χ4v) is 4.66. The third-order valence-corrected chi connectivity index (χ3v) is 5.88. The molecule has 2 aliphatic heterocycles.